The Morgan fingerprint density at radius 1 is 1.47 bits per heavy atom. The molecule has 0 N–H and O–H groups in total. The molecule has 0 spiro atoms. The first-order valence-electron chi connectivity index (χ1n) is 4.95. The van der Waals surface area contributed by atoms with E-state index in [1.807, 2.05) is 13.0 Å². The van der Waals surface area contributed by atoms with Gasteiger partial charge in [-0.3, -0.25) is 4.21 Å². The van der Waals surface area contributed by atoms with Gasteiger partial charge >= 0.3 is 0 Å². The van der Waals surface area contributed by atoms with Gasteiger partial charge in [0.15, 0.2) is 0 Å². The third kappa shape index (κ3) is 3.23. The van der Waals surface area contributed by atoms with Crippen molar-refractivity contribution in [2.45, 2.75) is 30.7 Å². The lowest BCUT2D eigenvalue weighted by Gasteiger charge is -2.16. The van der Waals surface area contributed by atoms with Crippen molar-refractivity contribution in [1.29, 1.82) is 0 Å². The van der Waals surface area contributed by atoms with Crippen molar-refractivity contribution in [3.05, 3.63) is 31.1 Å². The average Bonchev–Trinajstić information content (AvgIpc) is 2.28. The summed E-state index contributed by atoms with van der Waals surface area (Å²) in [7, 11) is -1.13. The molecule has 0 aliphatic heterocycles. The van der Waals surface area contributed by atoms with Gasteiger partial charge in [-0.25, -0.2) is 9.97 Å². The van der Waals surface area contributed by atoms with Gasteiger partial charge in [0.1, 0.15) is 0 Å². The molecule has 1 aromatic rings. The number of rotatable bonds is 5. The van der Waals surface area contributed by atoms with Crippen LogP contribution in [-0.2, 0) is 10.8 Å². The van der Waals surface area contributed by atoms with E-state index in [2.05, 4.69) is 23.5 Å². The van der Waals surface area contributed by atoms with Crippen molar-refractivity contribution in [3.8, 4) is 0 Å². The largest absolute Gasteiger partial charge is 0.251 e. The monoisotopic (exact) mass is 224 g/mol. The Labute approximate surface area is 93.1 Å². The second-order valence-electron chi connectivity index (χ2n) is 3.54. The maximum Gasteiger partial charge on any atom is 0.218 e. The molecule has 0 amide bonds. The third-order valence-corrected chi connectivity index (χ3v) is 4.11. The molecule has 4 heteroatoms. The van der Waals surface area contributed by atoms with E-state index < -0.39 is 10.8 Å². The van der Waals surface area contributed by atoms with E-state index >= 15 is 0 Å². The zero-order valence-corrected chi connectivity index (χ0v) is 9.91. The van der Waals surface area contributed by atoms with Gasteiger partial charge < -0.3 is 0 Å². The quantitative estimate of drug-likeness (QED) is 0.568. The fourth-order valence-corrected chi connectivity index (χ4v) is 2.42. The van der Waals surface area contributed by atoms with Crippen LogP contribution in [0.4, 0.5) is 0 Å². The highest BCUT2D eigenvalue weighted by atomic mass is 32.2. The van der Waals surface area contributed by atoms with Crippen molar-refractivity contribution in [2.75, 3.05) is 0 Å². The van der Waals surface area contributed by atoms with Gasteiger partial charge in [-0.15, -0.1) is 6.58 Å². The summed E-state index contributed by atoms with van der Waals surface area (Å²) in [5, 5.41) is 0.464. The Balaban J connectivity index is 2.73. The van der Waals surface area contributed by atoms with Gasteiger partial charge in [0.25, 0.3) is 0 Å². The number of aromatic nitrogens is 2. The molecule has 1 aromatic heterocycles. The Morgan fingerprint density at radius 2 is 2.07 bits per heavy atom. The molecule has 3 nitrogen and oxygen atoms in total. The summed E-state index contributed by atoms with van der Waals surface area (Å²) >= 11 is 0. The topological polar surface area (TPSA) is 42.9 Å². The maximum absolute atomic E-state index is 12.0. The van der Waals surface area contributed by atoms with Gasteiger partial charge in [0.05, 0.1) is 10.8 Å². The van der Waals surface area contributed by atoms with Gasteiger partial charge in [-0.1, -0.05) is 19.9 Å². The summed E-state index contributed by atoms with van der Waals surface area (Å²) in [6, 6.07) is 1.72. The van der Waals surface area contributed by atoms with Crippen molar-refractivity contribution < 1.29 is 4.21 Å². The zero-order valence-electron chi connectivity index (χ0n) is 9.09. The summed E-state index contributed by atoms with van der Waals surface area (Å²) in [5.41, 5.74) is 0. The molecule has 0 bridgehead atoms. The third-order valence-electron chi connectivity index (χ3n) is 2.40. The highest BCUT2D eigenvalue weighted by molar-refractivity contribution is 7.85. The lowest BCUT2D eigenvalue weighted by molar-refractivity contribution is 0.562. The van der Waals surface area contributed by atoms with Crippen molar-refractivity contribution in [1.82, 2.24) is 9.97 Å². The van der Waals surface area contributed by atoms with Crippen LogP contribution in [0.5, 0.6) is 0 Å². The second kappa shape index (κ2) is 5.75. The average molecular weight is 224 g/mol. The summed E-state index contributed by atoms with van der Waals surface area (Å²) in [5.74, 6) is 0.326. The van der Waals surface area contributed by atoms with Gasteiger partial charge in [0, 0.05) is 17.6 Å². The molecule has 0 fully saturated rings. The van der Waals surface area contributed by atoms with Crippen LogP contribution in [0.3, 0.4) is 0 Å². The molecule has 0 aliphatic rings. The fourth-order valence-electron chi connectivity index (χ4n) is 1.22. The lowest BCUT2D eigenvalue weighted by atomic mass is 10.1. The number of nitrogens with zero attached hydrogens (tertiary/aromatic N) is 2. The van der Waals surface area contributed by atoms with Crippen LogP contribution in [0.1, 0.15) is 20.3 Å². The molecule has 0 aromatic carbocycles. The minimum absolute atomic E-state index is 0.0467. The van der Waals surface area contributed by atoms with E-state index in [0.29, 0.717) is 11.1 Å². The number of hydrogen-bond acceptors (Lipinski definition) is 3. The van der Waals surface area contributed by atoms with Crippen molar-refractivity contribution >= 4 is 10.8 Å². The van der Waals surface area contributed by atoms with Gasteiger partial charge in [-0.2, -0.15) is 0 Å². The van der Waals surface area contributed by atoms with Crippen LogP contribution in [0, 0.1) is 5.92 Å². The van der Waals surface area contributed by atoms with E-state index in [4.69, 9.17) is 0 Å². The fraction of sp³-hybridized carbons (Fsp3) is 0.455. The highest BCUT2D eigenvalue weighted by Crippen LogP contribution is 2.17. The zero-order chi connectivity index (χ0) is 11.3. The maximum atomic E-state index is 12.0. The predicted octanol–water partition coefficient (Wildman–Crippen LogP) is 2.18. The standard InChI is InChI=1S/C11H16N2OS/c1-4-6-9(2)10(3)15(14)11-12-7-5-8-13-11/h4-5,7-10H,1,6H2,2-3H3. The molecule has 1 rings (SSSR count). The first kappa shape index (κ1) is 12.0. The summed E-state index contributed by atoms with van der Waals surface area (Å²) in [6.07, 6.45) is 5.94. The van der Waals surface area contributed by atoms with Gasteiger partial charge in [-0.05, 0) is 18.4 Å². The van der Waals surface area contributed by atoms with Gasteiger partial charge in [0.2, 0.25) is 5.16 Å². The van der Waals surface area contributed by atoms with E-state index in [9.17, 15) is 4.21 Å². The molecular formula is C11H16N2OS. The van der Waals surface area contributed by atoms with E-state index in [1.54, 1.807) is 18.5 Å². The molecule has 1 heterocycles. The van der Waals surface area contributed by atoms with Crippen LogP contribution in [0.2, 0.25) is 0 Å². The van der Waals surface area contributed by atoms with Crippen molar-refractivity contribution in [2.24, 2.45) is 5.92 Å². The summed E-state index contributed by atoms with van der Waals surface area (Å²) < 4.78 is 12.0. The first-order chi connectivity index (χ1) is 7.16. The second-order valence-corrected chi connectivity index (χ2v) is 5.24. The van der Waals surface area contributed by atoms with Crippen LogP contribution in [0.15, 0.2) is 36.3 Å². The van der Waals surface area contributed by atoms with Crippen LogP contribution in [-0.4, -0.2) is 19.4 Å². The molecule has 0 saturated heterocycles. The van der Waals surface area contributed by atoms with Crippen molar-refractivity contribution in [3.63, 3.8) is 0 Å². The predicted molar refractivity (Wildman–Crippen MR) is 61.9 cm³/mol. The Kier molecular flexibility index (Phi) is 4.62. The molecule has 0 saturated carbocycles. The molecule has 82 valence electrons. The van der Waals surface area contributed by atoms with Crippen LogP contribution < -0.4 is 0 Å². The molecule has 0 radical (unpaired) electrons. The van der Waals surface area contributed by atoms with E-state index in [-0.39, 0.29) is 5.25 Å². The van der Waals surface area contributed by atoms with Crippen LogP contribution in [0.25, 0.3) is 0 Å². The smallest absolute Gasteiger partial charge is 0.218 e. The summed E-state index contributed by atoms with van der Waals surface area (Å²) in [6.45, 7) is 7.71. The van der Waals surface area contributed by atoms with E-state index in [0.717, 1.165) is 6.42 Å². The normalized spacial score (nSPS) is 16.7. The lowest BCUT2D eigenvalue weighted by Crippen LogP contribution is -2.21. The van der Waals surface area contributed by atoms with Crippen LogP contribution >= 0.6 is 0 Å². The molecule has 3 unspecified atom stereocenters. The first-order valence-corrected chi connectivity index (χ1v) is 6.16. The highest BCUT2D eigenvalue weighted by Gasteiger charge is 2.20. The molecule has 0 aliphatic carbocycles. The summed E-state index contributed by atoms with van der Waals surface area (Å²) in [4.78, 5) is 8.01. The minimum atomic E-state index is -1.13. The number of allylic oxidation sites excluding steroid dienone is 1. The SMILES string of the molecule is C=CCC(C)C(C)S(=O)c1ncccn1. The van der Waals surface area contributed by atoms with E-state index in [1.165, 1.54) is 0 Å². The Bertz CT molecular complexity index is 340. The molecule has 3 atom stereocenters. The Hall–Kier alpha value is -1.03. The Morgan fingerprint density at radius 3 is 2.60 bits per heavy atom. The number of hydrogen-bond donors (Lipinski definition) is 0. The minimum Gasteiger partial charge on any atom is -0.251 e. The molecule has 15 heavy (non-hydrogen) atoms. The molecular weight excluding hydrogens is 208 g/mol.